The molecule has 6 aromatic carbocycles. The molecule has 0 fully saturated rings. The highest BCUT2D eigenvalue weighted by Gasteiger charge is 2.24. The second kappa shape index (κ2) is 28.2. The maximum Gasteiger partial charge on any atom is 0.324 e. The zero-order chi connectivity index (χ0) is 62.4. The number of aryl methyl sites for hydroxylation is 2. The van der Waals surface area contributed by atoms with Gasteiger partial charge in [0.25, 0.3) is 0 Å². The number of nitrogens with one attached hydrogen (secondary N) is 5. The van der Waals surface area contributed by atoms with Crippen LogP contribution in [0.4, 0.5) is 44.0 Å². The van der Waals surface area contributed by atoms with Crippen molar-refractivity contribution in [2.75, 3.05) is 32.3 Å². The molecule has 448 valence electrons. The van der Waals surface area contributed by atoms with Crippen LogP contribution in [0.25, 0.3) is 32.9 Å². The topological polar surface area (TPSA) is 234 Å². The van der Waals surface area contributed by atoms with Crippen LogP contribution in [0.2, 0.25) is 0 Å². The largest absolute Gasteiger partial charge is 0.488 e. The normalized spacial score (nSPS) is 11.1. The zero-order valence-electron chi connectivity index (χ0n) is 50.6. The first kappa shape index (κ1) is 63.0. The van der Waals surface area contributed by atoms with Crippen molar-refractivity contribution in [2.45, 2.75) is 106 Å². The number of anilines is 6. The van der Waals surface area contributed by atoms with Crippen molar-refractivity contribution >= 4 is 90.7 Å². The molecule has 0 saturated heterocycles. The smallest absolute Gasteiger partial charge is 0.324 e. The molecule has 0 aliphatic heterocycles. The molecule has 7 N–H and O–H groups in total. The number of carbonyl (C=O) groups is 4. The minimum atomic E-state index is -0.388. The van der Waals surface area contributed by atoms with Crippen molar-refractivity contribution in [1.82, 2.24) is 29.5 Å². The lowest BCUT2D eigenvalue weighted by molar-refractivity contribution is -0.116. The van der Waals surface area contributed by atoms with Gasteiger partial charge in [0.1, 0.15) is 36.3 Å². The SMILES string of the molecule is CCC(=O)Cl.CCC(=O)Nc1cnccc1COc1ccc(NC(=O)Nc2cc(C(C)(C)C)nn2-c2ccc(C)cc2)c2ccccc12.Cc1ccc(-n2nc(C(C)(C)C)cc2NC(=O)Nc2ccc(OCc3ccncc3N)c3ccccc23)cc1. The van der Waals surface area contributed by atoms with Crippen LogP contribution >= 0.6 is 11.6 Å². The minimum Gasteiger partial charge on any atom is -0.488 e. The number of hydrogen-bond donors (Lipinski definition) is 6. The Bertz CT molecular complexity index is 4050. The number of nitrogens with zero attached hydrogens (tertiary/aromatic N) is 6. The second-order valence-electron chi connectivity index (χ2n) is 22.6. The second-order valence-corrected chi connectivity index (χ2v) is 23.0. The Morgan fingerprint density at radius 1 is 0.506 bits per heavy atom. The number of fused-ring (bicyclic) bond motifs is 2. The summed E-state index contributed by atoms with van der Waals surface area (Å²) in [6, 6.07) is 45.6. The van der Waals surface area contributed by atoms with Crippen LogP contribution in [-0.4, -0.2) is 52.7 Å². The van der Waals surface area contributed by atoms with Crippen LogP contribution in [0.1, 0.15) is 102 Å². The summed E-state index contributed by atoms with van der Waals surface area (Å²) in [5.41, 5.74) is 15.5. The molecular formula is C68H73ClN12O6. The fourth-order valence-corrected chi connectivity index (χ4v) is 8.77. The Balaban J connectivity index is 0.000000210. The van der Waals surface area contributed by atoms with Gasteiger partial charge < -0.3 is 31.2 Å². The fourth-order valence-electron chi connectivity index (χ4n) is 8.77. The van der Waals surface area contributed by atoms with E-state index in [9.17, 15) is 19.2 Å². The van der Waals surface area contributed by atoms with E-state index in [1.54, 1.807) is 48.0 Å². The number of nitrogens with two attached hydrogens (primary N) is 1. The highest BCUT2D eigenvalue weighted by Crippen LogP contribution is 2.36. The fraction of sp³-hybridized carbons (Fsp3) is 0.235. The van der Waals surface area contributed by atoms with Gasteiger partial charge >= 0.3 is 12.1 Å². The number of ether oxygens (including phenoxy) is 2. The molecule has 0 radical (unpaired) electrons. The van der Waals surface area contributed by atoms with E-state index in [1.807, 2.05) is 159 Å². The molecule has 4 heterocycles. The first-order valence-corrected chi connectivity index (χ1v) is 28.9. The molecule has 10 rings (SSSR count). The van der Waals surface area contributed by atoms with E-state index >= 15 is 0 Å². The van der Waals surface area contributed by atoms with Gasteiger partial charge in [-0.25, -0.2) is 19.0 Å². The molecule has 0 aliphatic rings. The molecular weight excluding hydrogens is 1120 g/mol. The number of hydrogen-bond acceptors (Lipinski definition) is 11. The monoisotopic (exact) mass is 1190 g/mol. The zero-order valence-corrected chi connectivity index (χ0v) is 51.3. The molecule has 10 aromatic rings. The first-order valence-electron chi connectivity index (χ1n) is 28.5. The molecule has 18 nitrogen and oxygen atoms in total. The van der Waals surface area contributed by atoms with Crippen molar-refractivity contribution < 1.29 is 28.7 Å². The standard InChI is InChI=1S/C34H36N6O3.C31H32N6O2.C3H5ClO/c1-6-32(41)36-28-20-35-18-17-23(28)21-43-29-16-15-27(25-9-7-8-10-26(25)29)37-33(42)38-31-19-30(34(3,4)5)39-40(31)24-13-11-22(2)12-14-24;1-20-9-11-22(12-10-20)37-29(17-28(36-37)31(2,3)4)35-30(38)34-26-13-14-27(24-8-6-5-7-23(24)26)39-19-21-15-16-33-18-25(21)32;1-2-3(4)5/h7-20H,6,21H2,1-5H3,(H,36,41)(H2,37,38,42);5-18H,19,32H2,1-4H3,(H2,34,35,38);2H2,1H3. The molecule has 0 saturated carbocycles. The Labute approximate surface area is 511 Å². The van der Waals surface area contributed by atoms with E-state index in [0.29, 0.717) is 65.3 Å². The number of carbonyl (C=O) groups excluding carboxylic acids is 4. The van der Waals surface area contributed by atoms with E-state index in [-0.39, 0.29) is 40.6 Å². The average Bonchev–Trinajstić information content (AvgIpc) is 2.28. The van der Waals surface area contributed by atoms with Crippen molar-refractivity contribution in [2.24, 2.45) is 0 Å². The summed E-state index contributed by atoms with van der Waals surface area (Å²) in [6.45, 7) is 20.7. The molecule has 87 heavy (non-hydrogen) atoms. The van der Waals surface area contributed by atoms with Crippen LogP contribution in [0.15, 0.2) is 170 Å². The lowest BCUT2D eigenvalue weighted by atomic mass is 9.92. The minimum absolute atomic E-state index is 0.0926. The van der Waals surface area contributed by atoms with Crippen LogP contribution in [0, 0.1) is 13.8 Å². The summed E-state index contributed by atoms with van der Waals surface area (Å²) < 4.78 is 15.8. The summed E-state index contributed by atoms with van der Waals surface area (Å²) in [7, 11) is 0. The summed E-state index contributed by atoms with van der Waals surface area (Å²) in [5.74, 6) is 2.41. The number of halogens is 1. The predicted molar refractivity (Wildman–Crippen MR) is 349 cm³/mol. The van der Waals surface area contributed by atoms with Gasteiger partial charge in [0.05, 0.1) is 57.9 Å². The van der Waals surface area contributed by atoms with Gasteiger partial charge in [-0.05, 0) is 86.1 Å². The summed E-state index contributed by atoms with van der Waals surface area (Å²) in [5, 5.41) is 27.6. The van der Waals surface area contributed by atoms with Gasteiger partial charge in [-0.1, -0.05) is 139 Å². The van der Waals surface area contributed by atoms with E-state index in [4.69, 9.17) is 37.0 Å². The van der Waals surface area contributed by atoms with Gasteiger partial charge in [-0.2, -0.15) is 10.2 Å². The van der Waals surface area contributed by atoms with Crippen molar-refractivity contribution in [1.29, 1.82) is 0 Å². The van der Waals surface area contributed by atoms with Crippen LogP contribution in [0.3, 0.4) is 0 Å². The first-order chi connectivity index (χ1) is 41.6. The number of urea groups is 2. The van der Waals surface area contributed by atoms with Gasteiger partial charge in [0.15, 0.2) is 0 Å². The molecule has 19 heteroatoms. The lowest BCUT2D eigenvalue weighted by Crippen LogP contribution is -2.21. The Hall–Kier alpha value is -10.1. The van der Waals surface area contributed by atoms with Gasteiger partial charge in [0.2, 0.25) is 11.1 Å². The van der Waals surface area contributed by atoms with Crippen molar-refractivity contribution in [3.8, 4) is 22.9 Å². The van der Waals surface area contributed by atoms with Gasteiger partial charge in [-0.3, -0.25) is 30.2 Å². The summed E-state index contributed by atoms with van der Waals surface area (Å²) >= 11 is 4.82. The van der Waals surface area contributed by atoms with Gasteiger partial charge in [-0.15, -0.1) is 0 Å². The van der Waals surface area contributed by atoms with E-state index < -0.39 is 0 Å². The third-order valence-corrected chi connectivity index (χ3v) is 14.0. The van der Waals surface area contributed by atoms with E-state index in [1.165, 1.54) is 0 Å². The number of rotatable bonds is 15. The maximum absolute atomic E-state index is 13.3. The quantitative estimate of drug-likeness (QED) is 0.0528. The third-order valence-electron chi connectivity index (χ3n) is 13.8. The Kier molecular flexibility index (Phi) is 20.4. The summed E-state index contributed by atoms with van der Waals surface area (Å²) in [6.07, 6.45) is 7.38. The third kappa shape index (κ3) is 16.6. The van der Waals surface area contributed by atoms with Gasteiger partial charge in [0, 0.05) is 80.9 Å². The Morgan fingerprint density at radius 2 is 0.920 bits per heavy atom. The predicted octanol–water partition coefficient (Wildman–Crippen LogP) is 15.6. The Morgan fingerprint density at radius 3 is 1.33 bits per heavy atom. The highest BCUT2D eigenvalue weighted by atomic mass is 35.5. The summed E-state index contributed by atoms with van der Waals surface area (Å²) in [4.78, 5) is 56.2. The lowest BCUT2D eigenvalue weighted by Gasteiger charge is -2.15. The average molecular weight is 1190 g/mol. The van der Waals surface area contributed by atoms with Crippen molar-refractivity contribution in [3.63, 3.8) is 0 Å². The molecule has 4 aromatic heterocycles. The highest BCUT2D eigenvalue weighted by molar-refractivity contribution is 6.63. The van der Waals surface area contributed by atoms with E-state index in [0.717, 1.165) is 66.6 Å². The number of nitrogen functional groups attached to an aromatic ring is 1. The molecule has 0 unspecified atom stereocenters. The molecule has 0 spiro atoms. The van der Waals surface area contributed by atoms with E-state index in [2.05, 4.69) is 78.1 Å². The molecule has 0 atom stereocenters. The number of benzene rings is 6. The van der Waals surface area contributed by atoms with Crippen molar-refractivity contribution in [3.05, 3.63) is 204 Å². The van der Waals surface area contributed by atoms with Crippen LogP contribution < -0.4 is 41.8 Å². The molecule has 0 bridgehead atoms. The number of amides is 5. The van der Waals surface area contributed by atoms with Crippen LogP contribution in [-0.2, 0) is 33.6 Å². The number of pyridine rings is 2. The molecule has 5 amide bonds. The van der Waals surface area contributed by atoms with Crippen LogP contribution in [0.5, 0.6) is 11.5 Å². The maximum atomic E-state index is 13.3. The number of aromatic nitrogens is 6. The molecule has 0 aliphatic carbocycles.